The number of rotatable bonds is 4. The minimum atomic E-state index is -4.82. The zero-order valence-electron chi connectivity index (χ0n) is 19.2. The van der Waals surface area contributed by atoms with Crippen LogP contribution in [0.3, 0.4) is 0 Å². The SMILES string of the molecule is O=C(c1ccc(OC(F)(F)F)cc1)N1CCOC2(C1)CN(C(=O)C1(c3ccc(F)cc3)CC1)CCO2. The molecule has 1 spiro atoms. The fraction of sp³-hybridized carbons (Fsp3) is 0.440. The van der Waals surface area contributed by atoms with E-state index in [4.69, 9.17) is 9.47 Å². The topological polar surface area (TPSA) is 68.3 Å². The fourth-order valence-corrected chi connectivity index (χ4v) is 4.85. The monoisotopic (exact) mass is 508 g/mol. The van der Waals surface area contributed by atoms with Gasteiger partial charge in [-0.25, -0.2) is 4.39 Å². The van der Waals surface area contributed by atoms with Crippen LogP contribution in [0, 0.1) is 5.82 Å². The molecule has 0 aromatic heterocycles. The van der Waals surface area contributed by atoms with Crippen LogP contribution >= 0.6 is 0 Å². The van der Waals surface area contributed by atoms with E-state index in [0.717, 1.165) is 17.7 Å². The van der Waals surface area contributed by atoms with Crippen LogP contribution in [-0.4, -0.2) is 73.2 Å². The molecule has 2 aromatic carbocycles. The van der Waals surface area contributed by atoms with E-state index >= 15 is 0 Å². The van der Waals surface area contributed by atoms with Crippen molar-refractivity contribution in [3.8, 4) is 5.75 Å². The third kappa shape index (κ3) is 4.90. The summed E-state index contributed by atoms with van der Waals surface area (Å²) in [6.07, 6.45) is -3.48. The second-order valence-electron chi connectivity index (χ2n) is 9.22. The normalized spacial score (nSPS) is 23.4. The third-order valence-electron chi connectivity index (χ3n) is 6.78. The van der Waals surface area contributed by atoms with Gasteiger partial charge < -0.3 is 24.0 Å². The number of carbonyl (C=O) groups is 2. The average molecular weight is 508 g/mol. The first-order valence-corrected chi connectivity index (χ1v) is 11.6. The highest BCUT2D eigenvalue weighted by Crippen LogP contribution is 2.50. The van der Waals surface area contributed by atoms with Crippen LogP contribution in [0.25, 0.3) is 0 Å². The number of hydrogen-bond acceptors (Lipinski definition) is 5. The number of nitrogens with zero attached hydrogens (tertiary/aromatic N) is 2. The number of halogens is 4. The summed E-state index contributed by atoms with van der Waals surface area (Å²) >= 11 is 0. The summed E-state index contributed by atoms with van der Waals surface area (Å²) in [5.41, 5.74) is 0.281. The highest BCUT2D eigenvalue weighted by atomic mass is 19.4. The van der Waals surface area contributed by atoms with E-state index in [-0.39, 0.29) is 50.1 Å². The van der Waals surface area contributed by atoms with E-state index in [1.54, 1.807) is 17.0 Å². The maximum absolute atomic E-state index is 13.5. The predicted octanol–water partition coefficient (Wildman–Crippen LogP) is 3.48. The van der Waals surface area contributed by atoms with Crippen LogP contribution in [-0.2, 0) is 19.7 Å². The molecule has 1 saturated carbocycles. The van der Waals surface area contributed by atoms with Crippen molar-refractivity contribution in [1.29, 1.82) is 0 Å². The molecule has 2 heterocycles. The van der Waals surface area contributed by atoms with Gasteiger partial charge in [-0.05, 0) is 54.8 Å². The number of amides is 2. The lowest BCUT2D eigenvalue weighted by Crippen LogP contribution is -2.64. The second kappa shape index (κ2) is 9.04. The Bertz CT molecular complexity index is 1130. The lowest BCUT2D eigenvalue weighted by molar-refractivity contribution is -0.284. The maximum atomic E-state index is 13.5. The van der Waals surface area contributed by atoms with Gasteiger partial charge in [-0.1, -0.05) is 12.1 Å². The maximum Gasteiger partial charge on any atom is 0.573 e. The molecule has 11 heteroatoms. The molecule has 3 fully saturated rings. The first-order chi connectivity index (χ1) is 17.1. The molecule has 5 rings (SSSR count). The van der Waals surface area contributed by atoms with E-state index < -0.39 is 29.2 Å². The summed E-state index contributed by atoms with van der Waals surface area (Å²) in [6.45, 7) is 1.19. The Morgan fingerprint density at radius 1 is 0.861 bits per heavy atom. The van der Waals surface area contributed by atoms with Crippen LogP contribution in [0.4, 0.5) is 17.6 Å². The van der Waals surface area contributed by atoms with Gasteiger partial charge in [0.15, 0.2) is 0 Å². The Labute approximate surface area is 204 Å². The van der Waals surface area contributed by atoms with Gasteiger partial charge in [0.25, 0.3) is 5.91 Å². The number of benzene rings is 2. The van der Waals surface area contributed by atoms with E-state index in [1.165, 1.54) is 29.2 Å². The molecule has 3 aliphatic rings. The van der Waals surface area contributed by atoms with Gasteiger partial charge in [0.05, 0.1) is 31.7 Å². The summed E-state index contributed by atoms with van der Waals surface area (Å²) in [7, 11) is 0. The van der Waals surface area contributed by atoms with Crippen molar-refractivity contribution in [2.45, 2.75) is 30.4 Å². The largest absolute Gasteiger partial charge is 0.573 e. The van der Waals surface area contributed by atoms with E-state index in [1.807, 2.05) is 0 Å². The summed E-state index contributed by atoms with van der Waals surface area (Å²) in [5.74, 6) is -2.47. The highest BCUT2D eigenvalue weighted by molar-refractivity contribution is 5.94. The Kier molecular flexibility index (Phi) is 6.16. The van der Waals surface area contributed by atoms with Gasteiger partial charge in [0, 0.05) is 18.7 Å². The Morgan fingerprint density at radius 3 is 2.03 bits per heavy atom. The van der Waals surface area contributed by atoms with Crippen LogP contribution in [0.2, 0.25) is 0 Å². The molecule has 7 nitrogen and oxygen atoms in total. The zero-order chi connectivity index (χ0) is 25.6. The molecule has 36 heavy (non-hydrogen) atoms. The van der Waals surface area contributed by atoms with Crippen molar-refractivity contribution in [2.24, 2.45) is 0 Å². The van der Waals surface area contributed by atoms with E-state index in [0.29, 0.717) is 19.4 Å². The first kappa shape index (κ1) is 24.5. The Morgan fingerprint density at radius 2 is 1.44 bits per heavy atom. The van der Waals surface area contributed by atoms with Crippen molar-refractivity contribution >= 4 is 11.8 Å². The molecule has 0 N–H and O–H groups in total. The van der Waals surface area contributed by atoms with Crippen LogP contribution in [0.15, 0.2) is 48.5 Å². The molecule has 1 aliphatic carbocycles. The number of carbonyl (C=O) groups excluding carboxylic acids is 2. The zero-order valence-corrected chi connectivity index (χ0v) is 19.2. The summed E-state index contributed by atoms with van der Waals surface area (Å²) in [4.78, 5) is 29.8. The molecule has 0 bridgehead atoms. The Balaban J connectivity index is 1.27. The van der Waals surface area contributed by atoms with Crippen LogP contribution < -0.4 is 4.74 Å². The molecule has 2 aromatic rings. The van der Waals surface area contributed by atoms with Gasteiger partial charge in [-0.15, -0.1) is 13.2 Å². The molecule has 192 valence electrons. The molecular formula is C25H24F4N2O5. The van der Waals surface area contributed by atoms with Crippen molar-refractivity contribution in [3.63, 3.8) is 0 Å². The quantitative estimate of drug-likeness (QED) is 0.592. The van der Waals surface area contributed by atoms with E-state index in [2.05, 4.69) is 4.74 Å². The first-order valence-electron chi connectivity index (χ1n) is 11.6. The van der Waals surface area contributed by atoms with Crippen molar-refractivity contribution < 1.29 is 41.4 Å². The smallest absolute Gasteiger partial charge is 0.406 e. The van der Waals surface area contributed by atoms with Crippen LogP contribution in [0.5, 0.6) is 5.75 Å². The highest BCUT2D eigenvalue weighted by Gasteiger charge is 2.55. The molecule has 1 atom stereocenters. The lowest BCUT2D eigenvalue weighted by Gasteiger charge is -2.47. The van der Waals surface area contributed by atoms with Crippen molar-refractivity contribution in [2.75, 3.05) is 39.4 Å². The Hall–Kier alpha value is -3.18. The van der Waals surface area contributed by atoms with E-state index in [9.17, 15) is 27.2 Å². The predicted molar refractivity (Wildman–Crippen MR) is 118 cm³/mol. The minimum absolute atomic E-state index is 0.0555. The summed E-state index contributed by atoms with van der Waals surface area (Å²) in [6, 6.07) is 10.7. The molecule has 1 unspecified atom stereocenters. The number of hydrogen-bond donors (Lipinski definition) is 0. The van der Waals surface area contributed by atoms with Gasteiger partial charge in [0.1, 0.15) is 11.6 Å². The van der Waals surface area contributed by atoms with Gasteiger partial charge in [0.2, 0.25) is 11.7 Å². The fourth-order valence-electron chi connectivity index (χ4n) is 4.85. The molecular weight excluding hydrogens is 484 g/mol. The van der Waals surface area contributed by atoms with Gasteiger partial charge in [-0.2, -0.15) is 0 Å². The number of morpholine rings is 2. The summed E-state index contributed by atoms with van der Waals surface area (Å²) in [5, 5.41) is 0. The lowest BCUT2D eigenvalue weighted by atomic mass is 9.93. The standard InChI is InChI=1S/C25H24F4N2O5/c26-19-5-3-18(4-6-19)23(9-10-23)22(33)31-12-14-35-24(16-31)15-30(11-13-34-24)21(32)17-1-7-20(8-2-17)36-25(27,28)29/h1-8H,9-16H2. The molecule has 0 radical (unpaired) electrons. The summed E-state index contributed by atoms with van der Waals surface area (Å²) < 4.78 is 66.3. The van der Waals surface area contributed by atoms with Crippen molar-refractivity contribution in [1.82, 2.24) is 9.80 Å². The average Bonchev–Trinajstić information content (AvgIpc) is 3.65. The molecule has 2 aliphatic heterocycles. The number of ether oxygens (including phenoxy) is 3. The number of alkyl halides is 3. The molecule has 2 amide bonds. The van der Waals surface area contributed by atoms with Gasteiger partial charge >= 0.3 is 6.36 Å². The van der Waals surface area contributed by atoms with Crippen molar-refractivity contribution in [3.05, 3.63) is 65.5 Å². The molecule has 2 saturated heterocycles. The third-order valence-corrected chi connectivity index (χ3v) is 6.78. The minimum Gasteiger partial charge on any atom is -0.406 e. The second-order valence-corrected chi connectivity index (χ2v) is 9.22. The van der Waals surface area contributed by atoms with Gasteiger partial charge in [-0.3, -0.25) is 9.59 Å². The van der Waals surface area contributed by atoms with Crippen LogP contribution in [0.1, 0.15) is 28.8 Å².